The number of urea groups is 1. The highest BCUT2D eigenvalue weighted by Crippen LogP contribution is 2.37. The topological polar surface area (TPSA) is 61.4 Å². The fraction of sp³-hybridized carbons (Fsp3) is 0.269. The highest BCUT2D eigenvalue weighted by atomic mass is 32.1. The molecule has 0 bridgehead atoms. The van der Waals surface area contributed by atoms with Gasteiger partial charge in [0, 0.05) is 30.6 Å². The van der Waals surface area contributed by atoms with Gasteiger partial charge in [0.15, 0.2) is 0 Å². The molecule has 0 radical (unpaired) electrons. The number of amides is 2. The minimum Gasteiger partial charge on any atom is -0.351 e. The number of piperazine rings is 1. The second kappa shape index (κ2) is 9.58. The summed E-state index contributed by atoms with van der Waals surface area (Å²) in [6.07, 6.45) is 1.56. The van der Waals surface area contributed by atoms with E-state index in [-0.39, 0.29) is 29.7 Å². The van der Waals surface area contributed by atoms with E-state index in [1.54, 1.807) is 41.9 Å². The lowest BCUT2D eigenvalue weighted by Gasteiger charge is -2.40. The summed E-state index contributed by atoms with van der Waals surface area (Å²) in [5.74, 6) is 0.282. The molecule has 6 nitrogen and oxygen atoms in total. The first kappa shape index (κ1) is 23.2. The van der Waals surface area contributed by atoms with Gasteiger partial charge in [0.2, 0.25) is 0 Å². The number of hydrogen-bond donors (Lipinski definition) is 1. The summed E-state index contributed by atoms with van der Waals surface area (Å²) in [4.78, 5) is 27.0. The summed E-state index contributed by atoms with van der Waals surface area (Å²) in [7, 11) is 0. The van der Waals surface area contributed by atoms with Crippen LogP contribution in [0.4, 0.5) is 19.4 Å². The lowest BCUT2D eigenvalue weighted by Crippen LogP contribution is -2.57. The van der Waals surface area contributed by atoms with Gasteiger partial charge in [-0.3, -0.25) is 0 Å². The average molecular weight is 494 g/mol. The van der Waals surface area contributed by atoms with Gasteiger partial charge in [-0.1, -0.05) is 24.3 Å². The summed E-state index contributed by atoms with van der Waals surface area (Å²) in [6.45, 7) is 5.72. The molecule has 0 unspecified atom stereocenters. The predicted octanol–water partition coefficient (Wildman–Crippen LogP) is 5.62. The summed E-state index contributed by atoms with van der Waals surface area (Å²) in [5, 5.41) is 3.02. The molecule has 4 aromatic rings. The van der Waals surface area contributed by atoms with Gasteiger partial charge in [-0.2, -0.15) is 0 Å². The maximum absolute atomic E-state index is 13.3. The van der Waals surface area contributed by atoms with E-state index in [2.05, 4.69) is 20.2 Å². The van der Waals surface area contributed by atoms with Crippen molar-refractivity contribution in [1.29, 1.82) is 0 Å². The molecule has 1 aliphatic heterocycles. The highest BCUT2D eigenvalue weighted by Gasteiger charge is 2.30. The van der Waals surface area contributed by atoms with Gasteiger partial charge in [-0.15, -0.1) is 11.3 Å². The quantitative estimate of drug-likeness (QED) is 0.401. The summed E-state index contributed by atoms with van der Waals surface area (Å²) in [6, 6.07) is 14.2. The van der Waals surface area contributed by atoms with E-state index in [1.807, 2.05) is 24.8 Å². The Labute approximate surface area is 206 Å². The van der Waals surface area contributed by atoms with Crippen LogP contribution in [-0.4, -0.2) is 46.6 Å². The van der Waals surface area contributed by atoms with E-state index in [0.717, 1.165) is 32.0 Å². The van der Waals surface area contributed by atoms with Gasteiger partial charge < -0.3 is 15.1 Å². The summed E-state index contributed by atoms with van der Waals surface area (Å²) >= 11 is 1.58. The maximum atomic E-state index is 13.3. The molecule has 5 rings (SSSR count). The van der Waals surface area contributed by atoms with Crippen LogP contribution in [-0.2, 0) is 0 Å². The number of nitrogens with zero attached hydrogens (tertiary/aromatic N) is 4. The molecule has 1 aliphatic rings. The molecular weight excluding hydrogens is 468 g/mol. The standard InChI is InChI=1S/C26H25F2N5OS/c1-16-14-32(11-12-33(16)26(34)31-17(2)18-3-7-20(27)8-4-18)25-24-22(29-15-30-25)13-23(35-24)19-5-9-21(28)10-6-19/h3-10,13,15-17H,11-12,14H2,1-2H3,(H,31,34)/t16-,17+/m1/s1. The Kier molecular flexibility index (Phi) is 6.34. The first-order chi connectivity index (χ1) is 16.9. The minimum absolute atomic E-state index is 0.0364. The molecule has 2 atom stereocenters. The summed E-state index contributed by atoms with van der Waals surface area (Å²) < 4.78 is 27.5. The van der Waals surface area contributed by atoms with Crippen LogP contribution in [0.2, 0.25) is 0 Å². The Bertz CT molecular complexity index is 1340. The zero-order valence-electron chi connectivity index (χ0n) is 19.4. The molecule has 180 valence electrons. The van der Waals surface area contributed by atoms with Crippen molar-refractivity contribution in [2.24, 2.45) is 0 Å². The van der Waals surface area contributed by atoms with E-state index in [0.29, 0.717) is 19.6 Å². The Morgan fingerprint density at radius 1 is 1.06 bits per heavy atom. The largest absolute Gasteiger partial charge is 0.351 e. The number of fused-ring (bicyclic) bond motifs is 1. The molecular formula is C26H25F2N5OS. The van der Waals surface area contributed by atoms with Crippen molar-refractivity contribution < 1.29 is 13.6 Å². The fourth-order valence-corrected chi connectivity index (χ4v) is 5.51. The van der Waals surface area contributed by atoms with Gasteiger partial charge in [-0.05, 0) is 55.3 Å². The molecule has 2 amide bonds. The van der Waals surface area contributed by atoms with Crippen LogP contribution in [0.25, 0.3) is 20.7 Å². The van der Waals surface area contributed by atoms with Crippen LogP contribution in [0.3, 0.4) is 0 Å². The Morgan fingerprint density at radius 2 is 1.74 bits per heavy atom. The molecule has 1 saturated heterocycles. The number of anilines is 1. The van der Waals surface area contributed by atoms with E-state index < -0.39 is 0 Å². The lowest BCUT2D eigenvalue weighted by atomic mass is 10.1. The zero-order chi connectivity index (χ0) is 24.5. The molecule has 0 aliphatic carbocycles. The molecule has 0 spiro atoms. The molecule has 2 aromatic heterocycles. The third kappa shape index (κ3) is 4.81. The number of carbonyl (C=O) groups excluding carboxylic acids is 1. The Balaban J connectivity index is 1.30. The van der Waals surface area contributed by atoms with Crippen molar-refractivity contribution in [3.63, 3.8) is 0 Å². The molecule has 2 aromatic carbocycles. The Hall–Kier alpha value is -3.59. The van der Waals surface area contributed by atoms with Gasteiger partial charge >= 0.3 is 6.03 Å². The number of benzene rings is 2. The average Bonchev–Trinajstić information content (AvgIpc) is 3.29. The molecule has 0 saturated carbocycles. The summed E-state index contributed by atoms with van der Waals surface area (Å²) in [5.41, 5.74) is 2.63. The molecule has 1 fully saturated rings. The van der Waals surface area contributed by atoms with E-state index >= 15 is 0 Å². The van der Waals surface area contributed by atoms with Gasteiger partial charge in [0.05, 0.1) is 16.3 Å². The number of hydrogen-bond acceptors (Lipinski definition) is 5. The van der Waals surface area contributed by atoms with Crippen LogP contribution < -0.4 is 10.2 Å². The number of nitrogens with one attached hydrogen (secondary N) is 1. The maximum Gasteiger partial charge on any atom is 0.318 e. The number of halogens is 2. The van der Waals surface area contributed by atoms with Gasteiger partial charge in [-0.25, -0.2) is 23.5 Å². The zero-order valence-corrected chi connectivity index (χ0v) is 20.2. The Morgan fingerprint density at radius 3 is 2.43 bits per heavy atom. The normalized spacial score (nSPS) is 17.0. The smallest absolute Gasteiger partial charge is 0.318 e. The third-order valence-corrected chi connectivity index (χ3v) is 7.49. The molecule has 1 N–H and O–H groups in total. The van der Waals surface area contributed by atoms with Crippen molar-refractivity contribution in [2.45, 2.75) is 25.9 Å². The van der Waals surface area contributed by atoms with Crippen molar-refractivity contribution >= 4 is 33.4 Å². The first-order valence-corrected chi connectivity index (χ1v) is 12.3. The van der Waals surface area contributed by atoms with Crippen molar-refractivity contribution in [1.82, 2.24) is 20.2 Å². The number of aromatic nitrogens is 2. The van der Waals surface area contributed by atoms with Crippen LogP contribution >= 0.6 is 11.3 Å². The van der Waals surface area contributed by atoms with Crippen LogP contribution in [0.1, 0.15) is 25.5 Å². The monoisotopic (exact) mass is 493 g/mol. The fourth-order valence-electron chi connectivity index (χ4n) is 4.38. The van der Waals surface area contributed by atoms with E-state index in [4.69, 9.17) is 0 Å². The predicted molar refractivity (Wildman–Crippen MR) is 135 cm³/mol. The van der Waals surface area contributed by atoms with Crippen molar-refractivity contribution in [2.75, 3.05) is 24.5 Å². The molecule has 9 heteroatoms. The number of thiophene rings is 1. The van der Waals surface area contributed by atoms with Crippen LogP contribution in [0.5, 0.6) is 0 Å². The minimum atomic E-state index is -0.300. The highest BCUT2D eigenvalue weighted by molar-refractivity contribution is 7.22. The van der Waals surface area contributed by atoms with E-state index in [9.17, 15) is 13.6 Å². The van der Waals surface area contributed by atoms with Crippen LogP contribution in [0, 0.1) is 11.6 Å². The third-order valence-electron chi connectivity index (χ3n) is 6.32. The molecule has 3 heterocycles. The SMILES string of the molecule is C[C@H](NC(=O)N1CCN(c2ncnc3cc(-c4ccc(F)cc4)sc23)C[C@H]1C)c1ccc(F)cc1. The second-order valence-electron chi connectivity index (χ2n) is 8.74. The first-order valence-electron chi connectivity index (χ1n) is 11.5. The molecule has 35 heavy (non-hydrogen) atoms. The lowest BCUT2D eigenvalue weighted by molar-refractivity contribution is 0.168. The van der Waals surface area contributed by atoms with Gasteiger partial charge in [0.1, 0.15) is 23.8 Å². The number of carbonyl (C=O) groups is 1. The second-order valence-corrected chi connectivity index (χ2v) is 9.79. The van der Waals surface area contributed by atoms with Crippen LogP contribution in [0.15, 0.2) is 60.9 Å². The number of rotatable bonds is 4. The van der Waals surface area contributed by atoms with Crippen molar-refractivity contribution in [3.05, 3.63) is 78.1 Å². The van der Waals surface area contributed by atoms with E-state index in [1.165, 1.54) is 24.3 Å². The van der Waals surface area contributed by atoms with Gasteiger partial charge in [0.25, 0.3) is 0 Å². The van der Waals surface area contributed by atoms with Crippen molar-refractivity contribution in [3.8, 4) is 10.4 Å².